The van der Waals surface area contributed by atoms with E-state index in [0.717, 1.165) is 23.0 Å². The first-order valence-corrected chi connectivity index (χ1v) is 12.9. The lowest BCUT2D eigenvalue weighted by Gasteiger charge is -2.22. The van der Waals surface area contributed by atoms with E-state index in [0.29, 0.717) is 35.6 Å². The van der Waals surface area contributed by atoms with E-state index in [1.54, 1.807) is 24.3 Å². The number of aliphatic imine (C=N–C) groups is 1. The molecule has 8 heteroatoms. The van der Waals surface area contributed by atoms with E-state index in [1.165, 1.54) is 10.6 Å². The van der Waals surface area contributed by atoms with Crippen LogP contribution in [0.4, 0.5) is 11.4 Å². The molecule has 176 valence electrons. The Hall–Kier alpha value is -3.62. The van der Waals surface area contributed by atoms with E-state index < -0.39 is 10.0 Å². The topological polar surface area (TPSA) is 97.8 Å². The lowest BCUT2D eigenvalue weighted by Crippen LogP contribution is -2.32. The quantitative estimate of drug-likeness (QED) is 0.246. The smallest absolute Gasteiger partial charge is 0.232 e. The monoisotopic (exact) mass is 476 g/mol. The second-order valence-corrected chi connectivity index (χ2v) is 9.94. The van der Waals surface area contributed by atoms with Crippen LogP contribution in [0.2, 0.25) is 0 Å². The first kappa shape index (κ1) is 23.5. The molecule has 0 bridgehead atoms. The van der Waals surface area contributed by atoms with Crippen molar-refractivity contribution in [3.8, 4) is 5.88 Å². The molecular formula is C26H28N4O3S. The second kappa shape index (κ2) is 10.1. The van der Waals surface area contributed by atoms with Crippen LogP contribution in [0, 0.1) is 0 Å². The van der Waals surface area contributed by atoms with Gasteiger partial charge in [0.15, 0.2) is 5.88 Å². The SMILES string of the molecule is CNCCCN(c1ccc(N=C(c2ccccc2)c2c(O)[nH]c3ccccc23)cc1)S(C)(=O)=O. The zero-order chi connectivity index (χ0) is 24.1. The molecule has 0 atom stereocenters. The molecule has 34 heavy (non-hydrogen) atoms. The van der Waals surface area contributed by atoms with Crippen molar-refractivity contribution in [1.82, 2.24) is 10.3 Å². The fraction of sp³-hybridized carbons (Fsp3) is 0.192. The highest BCUT2D eigenvalue weighted by Crippen LogP contribution is 2.32. The molecule has 0 aliphatic rings. The summed E-state index contributed by atoms with van der Waals surface area (Å²) in [6.07, 6.45) is 1.91. The number of fused-ring (bicyclic) bond motifs is 1. The number of sulfonamides is 1. The van der Waals surface area contributed by atoms with Gasteiger partial charge in [-0.3, -0.25) is 4.31 Å². The molecule has 0 amide bonds. The third kappa shape index (κ3) is 5.13. The summed E-state index contributed by atoms with van der Waals surface area (Å²) in [7, 11) is -1.57. The molecule has 1 heterocycles. The van der Waals surface area contributed by atoms with Gasteiger partial charge in [-0.25, -0.2) is 13.4 Å². The molecule has 0 saturated heterocycles. The zero-order valence-electron chi connectivity index (χ0n) is 19.2. The Morgan fingerprint density at radius 1 is 1.00 bits per heavy atom. The predicted molar refractivity (Wildman–Crippen MR) is 139 cm³/mol. The van der Waals surface area contributed by atoms with Crippen LogP contribution in [0.25, 0.3) is 10.9 Å². The highest BCUT2D eigenvalue weighted by molar-refractivity contribution is 7.92. The summed E-state index contributed by atoms with van der Waals surface area (Å²) < 4.78 is 26.1. The maximum atomic E-state index is 12.3. The largest absolute Gasteiger partial charge is 0.494 e. The van der Waals surface area contributed by atoms with E-state index >= 15 is 0 Å². The van der Waals surface area contributed by atoms with E-state index in [9.17, 15) is 13.5 Å². The van der Waals surface area contributed by atoms with Gasteiger partial charge < -0.3 is 15.4 Å². The molecule has 0 aliphatic heterocycles. The van der Waals surface area contributed by atoms with Crippen molar-refractivity contribution in [2.75, 3.05) is 30.7 Å². The number of aromatic nitrogens is 1. The number of H-pyrrole nitrogens is 1. The molecule has 1 aromatic heterocycles. The van der Waals surface area contributed by atoms with Crippen LogP contribution in [0.3, 0.4) is 0 Å². The van der Waals surface area contributed by atoms with E-state index in [2.05, 4.69) is 10.3 Å². The maximum absolute atomic E-state index is 12.3. The van der Waals surface area contributed by atoms with E-state index in [-0.39, 0.29) is 5.88 Å². The van der Waals surface area contributed by atoms with Crippen LogP contribution in [-0.4, -0.2) is 50.6 Å². The summed E-state index contributed by atoms with van der Waals surface area (Å²) >= 11 is 0. The predicted octanol–water partition coefficient (Wildman–Crippen LogP) is 4.42. The third-order valence-electron chi connectivity index (χ3n) is 5.54. The third-order valence-corrected chi connectivity index (χ3v) is 6.73. The number of para-hydroxylation sites is 1. The van der Waals surface area contributed by atoms with Crippen molar-refractivity contribution in [3.63, 3.8) is 0 Å². The minimum Gasteiger partial charge on any atom is -0.494 e. The van der Waals surface area contributed by atoms with Gasteiger partial charge in [-0.2, -0.15) is 0 Å². The average Bonchev–Trinajstić information content (AvgIpc) is 3.16. The minimum absolute atomic E-state index is 0.0493. The van der Waals surface area contributed by atoms with Crippen LogP contribution in [0.1, 0.15) is 17.5 Å². The molecular weight excluding hydrogens is 448 g/mol. The van der Waals surface area contributed by atoms with Gasteiger partial charge in [0.25, 0.3) is 0 Å². The maximum Gasteiger partial charge on any atom is 0.232 e. The molecule has 0 saturated carbocycles. The van der Waals surface area contributed by atoms with Gasteiger partial charge in [0.2, 0.25) is 10.0 Å². The summed E-state index contributed by atoms with van der Waals surface area (Å²) in [6, 6.07) is 24.5. The average molecular weight is 477 g/mol. The number of hydrogen-bond acceptors (Lipinski definition) is 5. The van der Waals surface area contributed by atoms with Crippen molar-refractivity contribution < 1.29 is 13.5 Å². The van der Waals surface area contributed by atoms with Crippen molar-refractivity contribution in [2.45, 2.75) is 6.42 Å². The van der Waals surface area contributed by atoms with Gasteiger partial charge in [0, 0.05) is 23.0 Å². The number of nitrogens with one attached hydrogen (secondary N) is 2. The summed E-state index contributed by atoms with van der Waals surface area (Å²) in [5.74, 6) is 0.0493. The van der Waals surface area contributed by atoms with Gasteiger partial charge in [-0.15, -0.1) is 0 Å². The molecule has 0 unspecified atom stereocenters. The molecule has 0 spiro atoms. The molecule has 3 N–H and O–H groups in total. The number of hydrogen-bond donors (Lipinski definition) is 3. The molecule has 4 rings (SSSR count). The van der Waals surface area contributed by atoms with Crippen LogP contribution in [0.5, 0.6) is 5.88 Å². The second-order valence-electron chi connectivity index (χ2n) is 8.03. The first-order valence-electron chi connectivity index (χ1n) is 11.0. The van der Waals surface area contributed by atoms with Gasteiger partial charge in [0.05, 0.1) is 28.9 Å². The van der Waals surface area contributed by atoms with E-state index in [4.69, 9.17) is 4.99 Å². The van der Waals surface area contributed by atoms with Crippen LogP contribution in [0.15, 0.2) is 83.9 Å². The van der Waals surface area contributed by atoms with Crippen molar-refractivity contribution in [3.05, 3.63) is 90.0 Å². The summed E-state index contributed by atoms with van der Waals surface area (Å²) in [6.45, 7) is 1.11. The fourth-order valence-corrected chi connectivity index (χ4v) is 4.90. The highest BCUT2D eigenvalue weighted by Gasteiger charge is 2.19. The Labute approximate surface area is 199 Å². The highest BCUT2D eigenvalue weighted by atomic mass is 32.2. The van der Waals surface area contributed by atoms with Gasteiger partial charge in [0.1, 0.15) is 0 Å². The van der Waals surface area contributed by atoms with Crippen molar-refractivity contribution in [1.29, 1.82) is 0 Å². The molecule has 0 aliphatic carbocycles. The Bertz CT molecular complexity index is 1400. The number of aromatic hydroxyl groups is 1. The van der Waals surface area contributed by atoms with Crippen molar-refractivity contribution in [2.24, 2.45) is 4.99 Å². The van der Waals surface area contributed by atoms with Gasteiger partial charge in [-0.05, 0) is 50.3 Å². The Morgan fingerprint density at radius 2 is 1.68 bits per heavy atom. The lowest BCUT2D eigenvalue weighted by molar-refractivity contribution is 0.457. The normalized spacial score (nSPS) is 12.2. The Balaban J connectivity index is 1.76. The van der Waals surface area contributed by atoms with Gasteiger partial charge >= 0.3 is 0 Å². The number of anilines is 1. The molecule has 4 aromatic rings. The standard InChI is InChI=1S/C26H28N4O3S/c1-27-17-8-18-30(34(2,32)33)21-15-13-20(14-16-21)28-25(19-9-4-3-5-10-19)24-22-11-6-7-12-23(22)29-26(24)31/h3-7,9-16,27,29,31H,8,17-18H2,1-2H3. The zero-order valence-corrected chi connectivity index (χ0v) is 20.0. The first-order chi connectivity index (χ1) is 16.4. The van der Waals surface area contributed by atoms with Gasteiger partial charge in [-0.1, -0.05) is 48.5 Å². The fourth-order valence-electron chi connectivity index (χ4n) is 3.94. The summed E-state index contributed by atoms with van der Waals surface area (Å²) in [4.78, 5) is 7.90. The number of rotatable bonds is 9. The van der Waals surface area contributed by atoms with Crippen LogP contribution < -0.4 is 9.62 Å². The van der Waals surface area contributed by atoms with Crippen LogP contribution in [-0.2, 0) is 10.0 Å². The summed E-state index contributed by atoms with van der Waals surface area (Å²) in [5.41, 5.74) is 4.16. The lowest BCUT2D eigenvalue weighted by atomic mass is 10.0. The number of nitrogens with zero attached hydrogens (tertiary/aromatic N) is 2. The van der Waals surface area contributed by atoms with E-state index in [1.807, 2.05) is 61.6 Å². The Kier molecular flexibility index (Phi) is 7.00. The van der Waals surface area contributed by atoms with Crippen LogP contribution >= 0.6 is 0 Å². The summed E-state index contributed by atoms with van der Waals surface area (Å²) in [5, 5.41) is 14.6. The number of aromatic amines is 1. The minimum atomic E-state index is -3.41. The Morgan fingerprint density at radius 3 is 2.35 bits per heavy atom. The molecule has 7 nitrogen and oxygen atoms in total. The van der Waals surface area contributed by atoms with Crippen molar-refractivity contribution >= 4 is 38.0 Å². The number of benzene rings is 3. The molecule has 0 fully saturated rings. The molecule has 0 radical (unpaired) electrons. The molecule has 3 aromatic carbocycles.